The average Bonchev–Trinajstić information content (AvgIpc) is 2.76. The summed E-state index contributed by atoms with van der Waals surface area (Å²) in [4.78, 5) is 39.7. The van der Waals surface area contributed by atoms with Crippen LogP contribution in [0.3, 0.4) is 0 Å². The summed E-state index contributed by atoms with van der Waals surface area (Å²) >= 11 is 0. The van der Waals surface area contributed by atoms with Gasteiger partial charge in [0.1, 0.15) is 6.04 Å². The summed E-state index contributed by atoms with van der Waals surface area (Å²) in [5.74, 6) is 0.117. The number of rotatable bonds is 4. The summed E-state index contributed by atoms with van der Waals surface area (Å²) in [5, 5.41) is 2.85. The van der Waals surface area contributed by atoms with Gasteiger partial charge in [-0.05, 0) is 17.7 Å². The van der Waals surface area contributed by atoms with E-state index in [1.54, 1.807) is 23.4 Å². The fraction of sp³-hybridized carbons (Fsp3) is 0.190. The molecule has 1 atom stereocenters. The van der Waals surface area contributed by atoms with Gasteiger partial charge in [0.05, 0.1) is 5.56 Å². The molecule has 7 heteroatoms. The van der Waals surface area contributed by atoms with E-state index in [0.29, 0.717) is 30.9 Å². The highest BCUT2D eigenvalue weighted by molar-refractivity contribution is 5.98. The second-order valence-electron chi connectivity index (χ2n) is 6.53. The maximum Gasteiger partial charge on any atom is 0.257 e. The Labute approximate surface area is 162 Å². The molecule has 1 aliphatic heterocycles. The van der Waals surface area contributed by atoms with Gasteiger partial charge in [-0.3, -0.25) is 14.6 Å². The summed E-state index contributed by atoms with van der Waals surface area (Å²) in [7, 11) is 0. The molecule has 4 rings (SSSR count). The van der Waals surface area contributed by atoms with E-state index in [-0.39, 0.29) is 11.8 Å². The van der Waals surface area contributed by atoms with Crippen molar-refractivity contribution in [1.29, 1.82) is 0 Å². The molecule has 1 saturated heterocycles. The largest absolute Gasteiger partial charge is 0.353 e. The molecule has 2 amide bonds. The van der Waals surface area contributed by atoms with Crippen molar-refractivity contribution in [1.82, 2.24) is 25.2 Å². The first-order valence-corrected chi connectivity index (χ1v) is 9.07. The summed E-state index contributed by atoms with van der Waals surface area (Å²) in [6.45, 7) is 0.886. The van der Waals surface area contributed by atoms with Crippen molar-refractivity contribution in [3.8, 4) is 11.4 Å². The number of hydrogen-bond donors (Lipinski definition) is 1. The Bertz CT molecular complexity index is 961. The number of nitrogens with one attached hydrogen (secondary N) is 1. The maximum absolute atomic E-state index is 13.0. The minimum absolute atomic E-state index is 0.142. The highest BCUT2D eigenvalue weighted by Gasteiger charge is 2.33. The van der Waals surface area contributed by atoms with Gasteiger partial charge in [0.25, 0.3) is 5.91 Å². The van der Waals surface area contributed by atoms with Crippen LogP contribution >= 0.6 is 0 Å². The quantitative estimate of drug-likeness (QED) is 0.752. The number of benzene rings is 1. The van der Waals surface area contributed by atoms with Crippen LogP contribution in [0.15, 0.2) is 67.3 Å². The predicted molar refractivity (Wildman–Crippen MR) is 103 cm³/mol. The smallest absolute Gasteiger partial charge is 0.257 e. The maximum atomic E-state index is 13.0. The van der Waals surface area contributed by atoms with Gasteiger partial charge in [0, 0.05) is 49.9 Å². The number of carbonyl (C=O) groups excluding carboxylic acids is 2. The molecule has 1 aliphatic rings. The number of carbonyl (C=O) groups is 2. The van der Waals surface area contributed by atoms with E-state index in [9.17, 15) is 9.59 Å². The van der Waals surface area contributed by atoms with Gasteiger partial charge >= 0.3 is 0 Å². The second-order valence-corrected chi connectivity index (χ2v) is 6.53. The summed E-state index contributed by atoms with van der Waals surface area (Å²) in [6, 6.07) is 12.8. The normalized spacial score (nSPS) is 16.5. The van der Waals surface area contributed by atoms with E-state index in [2.05, 4.69) is 20.3 Å². The summed E-state index contributed by atoms with van der Waals surface area (Å²) in [6.07, 6.45) is 6.82. The predicted octanol–water partition coefficient (Wildman–Crippen LogP) is 1.72. The second kappa shape index (κ2) is 7.96. The number of amides is 2. The van der Waals surface area contributed by atoms with Crippen molar-refractivity contribution in [2.75, 3.05) is 13.1 Å². The zero-order chi connectivity index (χ0) is 19.3. The Morgan fingerprint density at radius 3 is 2.57 bits per heavy atom. The summed E-state index contributed by atoms with van der Waals surface area (Å²) in [5.41, 5.74) is 2.15. The third-order valence-corrected chi connectivity index (χ3v) is 4.68. The van der Waals surface area contributed by atoms with Crippen LogP contribution in [0.25, 0.3) is 11.4 Å². The van der Waals surface area contributed by atoms with E-state index < -0.39 is 6.04 Å². The van der Waals surface area contributed by atoms with Gasteiger partial charge in [-0.15, -0.1) is 0 Å². The molecule has 1 unspecified atom stereocenters. The van der Waals surface area contributed by atoms with Crippen LogP contribution in [0.5, 0.6) is 0 Å². The number of hydrogen-bond acceptors (Lipinski definition) is 5. The lowest BCUT2D eigenvalue weighted by atomic mass is 10.0. The first kappa shape index (κ1) is 17.8. The molecule has 2 aromatic heterocycles. The topological polar surface area (TPSA) is 88.1 Å². The third-order valence-electron chi connectivity index (χ3n) is 4.68. The van der Waals surface area contributed by atoms with Gasteiger partial charge in [-0.25, -0.2) is 9.97 Å². The van der Waals surface area contributed by atoms with Crippen LogP contribution in [-0.4, -0.2) is 50.8 Å². The molecule has 1 N–H and O–H groups in total. The van der Waals surface area contributed by atoms with Crippen LogP contribution in [0.4, 0.5) is 0 Å². The Morgan fingerprint density at radius 2 is 1.86 bits per heavy atom. The van der Waals surface area contributed by atoms with E-state index in [1.807, 2.05) is 36.4 Å². The van der Waals surface area contributed by atoms with Gasteiger partial charge < -0.3 is 10.2 Å². The number of aromatic nitrogens is 3. The molecule has 0 spiro atoms. The Kier molecular flexibility index (Phi) is 5.05. The highest BCUT2D eigenvalue weighted by atomic mass is 16.2. The zero-order valence-corrected chi connectivity index (χ0v) is 15.2. The van der Waals surface area contributed by atoms with Crippen LogP contribution < -0.4 is 5.32 Å². The number of piperazine rings is 1. The summed E-state index contributed by atoms with van der Waals surface area (Å²) < 4.78 is 0. The van der Waals surface area contributed by atoms with Crippen LogP contribution in [0.2, 0.25) is 0 Å². The van der Waals surface area contributed by atoms with E-state index >= 15 is 0 Å². The Balaban J connectivity index is 1.55. The monoisotopic (exact) mass is 373 g/mol. The first-order valence-electron chi connectivity index (χ1n) is 9.07. The van der Waals surface area contributed by atoms with Crippen molar-refractivity contribution in [2.24, 2.45) is 0 Å². The molecule has 3 aromatic rings. The van der Waals surface area contributed by atoms with Crippen molar-refractivity contribution in [3.05, 3.63) is 78.4 Å². The molecule has 0 aliphatic carbocycles. The molecular formula is C21H19N5O2. The lowest BCUT2D eigenvalue weighted by Crippen LogP contribution is -2.58. The number of pyridine rings is 1. The molecule has 140 valence electrons. The van der Waals surface area contributed by atoms with Gasteiger partial charge in [-0.2, -0.15) is 0 Å². The van der Waals surface area contributed by atoms with Crippen LogP contribution in [0.1, 0.15) is 15.9 Å². The SMILES string of the molecule is O=C1NCCN(C(=O)c2cnc(-c3cccnc3)nc2)C1Cc1ccccc1. The van der Waals surface area contributed by atoms with Crippen molar-refractivity contribution >= 4 is 11.8 Å². The fourth-order valence-corrected chi connectivity index (χ4v) is 3.25. The molecule has 0 bridgehead atoms. The molecule has 3 heterocycles. The molecule has 1 aromatic carbocycles. The highest BCUT2D eigenvalue weighted by Crippen LogP contribution is 2.17. The molecular weight excluding hydrogens is 354 g/mol. The van der Waals surface area contributed by atoms with Crippen molar-refractivity contribution in [2.45, 2.75) is 12.5 Å². The van der Waals surface area contributed by atoms with Crippen LogP contribution in [0, 0.1) is 0 Å². The fourth-order valence-electron chi connectivity index (χ4n) is 3.25. The minimum atomic E-state index is -0.554. The van der Waals surface area contributed by atoms with Gasteiger partial charge in [0.2, 0.25) is 5.91 Å². The standard InChI is InChI=1S/C21H19N5O2/c27-20-18(11-15-5-2-1-3-6-15)26(10-9-23-20)21(28)17-13-24-19(25-14-17)16-7-4-8-22-12-16/h1-8,12-14,18H,9-11H2,(H,23,27). The van der Waals surface area contributed by atoms with Crippen molar-refractivity contribution < 1.29 is 9.59 Å². The van der Waals surface area contributed by atoms with Crippen molar-refractivity contribution in [3.63, 3.8) is 0 Å². The molecule has 28 heavy (non-hydrogen) atoms. The number of nitrogens with zero attached hydrogens (tertiary/aromatic N) is 4. The van der Waals surface area contributed by atoms with Gasteiger partial charge in [-0.1, -0.05) is 30.3 Å². The Morgan fingerprint density at radius 1 is 1.07 bits per heavy atom. The van der Waals surface area contributed by atoms with E-state index in [1.165, 1.54) is 12.4 Å². The average molecular weight is 373 g/mol. The lowest BCUT2D eigenvalue weighted by molar-refractivity contribution is -0.127. The zero-order valence-electron chi connectivity index (χ0n) is 15.2. The first-order chi connectivity index (χ1) is 13.7. The van der Waals surface area contributed by atoms with E-state index in [0.717, 1.165) is 11.1 Å². The third kappa shape index (κ3) is 3.73. The van der Waals surface area contributed by atoms with E-state index in [4.69, 9.17) is 0 Å². The molecule has 0 saturated carbocycles. The molecule has 1 fully saturated rings. The molecule has 7 nitrogen and oxygen atoms in total. The van der Waals surface area contributed by atoms with Crippen LogP contribution in [-0.2, 0) is 11.2 Å². The lowest BCUT2D eigenvalue weighted by Gasteiger charge is -2.35. The Hall–Kier alpha value is -3.61. The molecule has 0 radical (unpaired) electrons. The van der Waals surface area contributed by atoms with Gasteiger partial charge in [0.15, 0.2) is 5.82 Å². The minimum Gasteiger partial charge on any atom is -0.353 e.